The van der Waals surface area contributed by atoms with Crippen molar-refractivity contribution < 1.29 is 0 Å². The van der Waals surface area contributed by atoms with E-state index in [9.17, 15) is 0 Å². The van der Waals surface area contributed by atoms with Gasteiger partial charge in [0, 0.05) is 43.4 Å². The van der Waals surface area contributed by atoms with Gasteiger partial charge in [-0.2, -0.15) is 5.10 Å². The monoisotopic (exact) mass is 491 g/mol. The van der Waals surface area contributed by atoms with Crippen molar-refractivity contribution in [3.05, 3.63) is 52.3 Å². The van der Waals surface area contributed by atoms with E-state index in [1.807, 2.05) is 26.5 Å². The van der Waals surface area contributed by atoms with Gasteiger partial charge in [-0.3, -0.25) is 4.68 Å². The van der Waals surface area contributed by atoms with E-state index < -0.39 is 0 Å². The number of aromatic nitrogens is 2. The number of hydrogen-bond acceptors (Lipinski definition) is 2. The van der Waals surface area contributed by atoms with E-state index in [-0.39, 0.29) is 24.0 Å². The van der Waals surface area contributed by atoms with Gasteiger partial charge in [0.15, 0.2) is 5.96 Å². The van der Waals surface area contributed by atoms with Crippen LogP contribution in [-0.4, -0.2) is 34.2 Å². The Labute approximate surface area is 163 Å². The summed E-state index contributed by atoms with van der Waals surface area (Å²) in [5.41, 5.74) is 2.35. The van der Waals surface area contributed by atoms with Crippen molar-refractivity contribution in [2.45, 2.75) is 20.0 Å². The van der Waals surface area contributed by atoms with Crippen LogP contribution in [0.4, 0.5) is 0 Å². The normalized spacial score (nSPS) is 11.0. The first-order chi connectivity index (χ1) is 10.6. The molecule has 2 rings (SSSR count). The summed E-state index contributed by atoms with van der Waals surface area (Å²) >= 11 is 3.46. The third-order valence-electron chi connectivity index (χ3n) is 3.20. The molecule has 126 valence electrons. The van der Waals surface area contributed by atoms with Crippen LogP contribution < -0.4 is 5.32 Å². The van der Waals surface area contributed by atoms with Gasteiger partial charge in [0.25, 0.3) is 0 Å². The Morgan fingerprint density at radius 1 is 1.30 bits per heavy atom. The zero-order chi connectivity index (χ0) is 15.9. The van der Waals surface area contributed by atoms with Crippen LogP contribution in [0.2, 0.25) is 0 Å². The Balaban J connectivity index is 0.00000264. The smallest absolute Gasteiger partial charge is 0.194 e. The molecule has 0 amide bonds. The van der Waals surface area contributed by atoms with Crippen molar-refractivity contribution >= 4 is 45.9 Å². The van der Waals surface area contributed by atoms with Crippen LogP contribution in [0.3, 0.4) is 0 Å². The highest BCUT2D eigenvalue weighted by Crippen LogP contribution is 2.12. The highest BCUT2D eigenvalue weighted by molar-refractivity contribution is 14.0. The van der Waals surface area contributed by atoms with Gasteiger partial charge in [-0.15, -0.1) is 24.0 Å². The second-order valence-corrected chi connectivity index (χ2v) is 6.09. The van der Waals surface area contributed by atoms with E-state index in [0.717, 1.165) is 29.1 Å². The maximum absolute atomic E-state index is 4.68. The molecule has 0 bridgehead atoms. The fourth-order valence-electron chi connectivity index (χ4n) is 2.13. The van der Waals surface area contributed by atoms with E-state index in [1.165, 1.54) is 5.56 Å². The molecule has 0 atom stereocenters. The number of rotatable bonds is 5. The Hall–Kier alpha value is -1.09. The molecule has 0 saturated carbocycles. The molecule has 0 aliphatic carbocycles. The van der Waals surface area contributed by atoms with Gasteiger partial charge in [0.1, 0.15) is 0 Å². The fraction of sp³-hybridized carbons (Fsp3) is 0.375. The lowest BCUT2D eigenvalue weighted by atomic mass is 10.2. The number of aryl methyl sites for hydroxylation is 1. The third kappa shape index (κ3) is 6.50. The molecular formula is C16H23BrIN5. The Morgan fingerprint density at radius 3 is 2.57 bits per heavy atom. The van der Waals surface area contributed by atoms with Crippen LogP contribution in [0.1, 0.15) is 18.1 Å². The van der Waals surface area contributed by atoms with Crippen LogP contribution in [0.25, 0.3) is 0 Å². The minimum atomic E-state index is 0. The zero-order valence-electron chi connectivity index (χ0n) is 13.7. The summed E-state index contributed by atoms with van der Waals surface area (Å²) in [6.07, 6.45) is 3.84. The van der Waals surface area contributed by atoms with E-state index >= 15 is 0 Å². The van der Waals surface area contributed by atoms with Crippen molar-refractivity contribution in [2.24, 2.45) is 12.0 Å². The van der Waals surface area contributed by atoms with Crippen LogP contribution in [0.15, 0.2) is 46.1 Å². The molecule has 1 aromatic carbocycles. The van der Waals surface area contributed by atoms with Crippen molar-refractivity contribution in [3.63, 3.8) is 0 Å². The number of nitrogens with zero attached hydrogens (tertiary/aromatic N) is 4. The molecule has 1 aromatic heterocycles. The lowest BCUT2D eigenvalue weighted by molar-refractivity contribution is 0.477. The van der Waals surface area contributed by atoms with Crippen molar-refractivity contribution in [2.75, 3.05) is 13.6 Å². The van der Waals surface area contributed by atoms with Crippen LogP contribution in [-0.2, 0) is 20.1 Å². The van der Waals surface area contributed by atoms with Gasteiger partial charge in [-0.05, 0) is 24.6 Å². The maximum atomic E-state index is 4.68. The fourth-order valence-corrected chi connectivity index (χ4v) is 2.39. The summed E-state index contributed by atoms with van der Waals surface area (Å²) in [6.45, 7) is 4.36. The summed E-state index contributed by atoms with van der Waals surface area (Å²) in [4.78, 5) is 6.81. The first kappa shape index (κ1) is 20.0. The molecule has 23 heavy (non-hydrogen) atoms. The van der Waals surface area contributed by atoms with Crippen LogP contribution in [0, 0.1) is 0 Å². The van der Waals surface area contributed by atoms with Gasteiger partial charge < -0.3 is 10.2 Å². The van der Waals surface area contributed by atoms with Gasteiger partial charge in [-0.25, -0.2) is 4.99 Å². The molecule has 5 nitrogen and oxygen atoms in total. The molecule has 7 heteroatoms. The summed E-state index contributed by atoms with van der Waals surface area (Å²) < 4.78 is 2.89. The summed E-state index contributed by atoms with van der Waals surface area (Å²) in [5, 5.41) is 7.50. The molecule has 0 fully saturated rings. The Morgan fingerprint density at radius 2 is 2.00 bits per heavy atom. The SMILES string of the molecule is CCNC(=NCc1cnn(C)c1)N(C)Cc1ccc(Br)cc1.I. The van der Waals surface area contributed by atoms with E-state index in [4.69, 9.17) is 0 Å². The average molecular weight is 492 g/mol. The van der Waals surface area contributed by atoms with Gasteiger partial charge >= 0.3 is 0 Å². The molecule has 0 unspecified atom stereocenters. The quantitative estimate of drug-likeness (QED) is 0.396. The Kier molecular flexibility index (Phi) is 8.60. The molecule has 0 aliphatic heterocycles. The van der Waals surface area contributed by atoms with Crippen LogP contribution >= 0.6 is 39.9 Å². The Bertz CT molecular complexity index is 624. The van der Waals surface area contributed by atoms with Crippen molar-refractivity contribution in [3.8, 4) is 0 Å². The third-order valence-corrected chi connectivity index (χ3v) is 3.73. The highest BCUT2D eigenvalue weighted by atomic mass is 127. The molecule has 0 saturated heterocycles. The number of aliphatic imine (C=N–C) groups is 1. The lowest BCUT2D eigenvalue weighted by Gasteiger charge is -2.22. The minimum Gasteiger partial charge on any atom is -0.357 e. The molecule has 0 spiro atoms. The number of nitrogens with one attached hydrogen (secondary N) is 1. The first-order valence-electron chi connectivity index (χ1n) is 7.30. The van der Waals surface area contributed by atoms with Crippen molar-refractivity contribution in [1.29, 1.82) is 0 Å². The number of guanidine groups is 1. The number of halogens is 2. The highest BCUT2D eigenvalue weighted by Gasteiger charge is 2.07. The predicted octanol–water partition coefficient (Wildman–Crippen LogP) is 3.40. The molecule has 1 heterocycles. The van der Waals surface area contributed by atoms with E-state index in [2.05, 4.69) is 67.4 Å². The topological polar surface area (TPSA) is 45.5 Å². The molecule has 2 aromatic rings. The standard InChI is InChI=1S/C16H22BrN5.HI/c1-4-18-16(19-9-14-10-20-22(3)12-14)21(2)11-13-5-7-15(17)8-6-13;/h5-8,10,12H,4,9,11H2,1-3H3,(H,18,19);1H. The molecular weight excluding hydrogens is 469 g/mol. The number of hydrogen-bond donors (Lipinski definition) is 1. The zero-order valence-corrected chi connectivity index (χ0v) is 17.6. The van der Waals surface area contributed by atoms with Crippen LogP contribution in [0.5, 0.6) is 0 Å². The minimum absolute atomic E-state index is 0. The maximum Gasteiger partial charge on any atom is 0.194 e. The second-order valence-electron chi connectivity index (χ2n) is 5.17. The van der Waals surface area contributed by atoms with Gasteiger partial charge in [0.2, 0.25) is 0 Å². The summed E-state index contributed by atoms with van der Waals surface area (Å²) in [7, 11) is 3.96. The molecule has 0 aliphatic rings. The second kappa shape index (κ2) is 9.92. The van der Waals surface area contributed by atoms with Gasteiger partial charge in [0.05, 0.1) is 12.7 Å². The predicted molar refractivity (Wildman–Crippen MR) is 109 cm³/mol. The first-order valence-corrected chi connectivity index (χ1v) is 8.09. The summed E-state index contributed by atoms with van der Waals surface area (Å²) in [5.74, 6) is 0.897. The van der Waals surface area contributed by atoms with Gasteiger partial charge in [-0.1, -0.05) is 28.1 Å². The number of benzene rings is 1. The summed E-state index contributed by atoms with van der Waals surface area (Å²) in [6, 6.07) is 8.35. The average Bonchev–Trinajstić information content (AvgIpc) is 2.91. The molecule has 1 N–H and O–H groups in total. The molecule has 0 radical (unpaired) electrons. The van der Waals surface area contributed by atoms with E-state index in [0.29, 0.717) is 6.54 Å². The largest absolute Gasteiger partial charge is 0.357 e. The van der Waals surface area contributed by atoms with Crippen molar-refractivity contribution in [1.82, 2.24) is 20.0 Å². The lowest BCUT2D eigenvalue weighted by Crippen LogP contribution is -2.38. The van der Waals surface area contributed by atoms with E-state index in [1.54, 1.807) is 4.68 Å².